The number of urea groups is 1. The number of aromatic nitrogens is 2. The number of rotatable bonds is 7. The van der Waals surface area contributed by atoms with Crippen LogP contribution in [0.1, 0.15) is 50.8 Å². The molecule has 1 aromatic carbocycles. The summed E-state index contributed by atoms with van der Waals surface area (Å²) in [7, 11) is 0. The van der Waals surface area contributed by atoms with Crippen molar-refractivity contribution < 1.29 is 14.3 Å². The lowest BCUT2D eigenvalue weighted by atomic mass is 9.93. The van der Waals surface area contributed by atoms with Gasteiger partial charge in [-0.25, -0.2) is 14.8 Å². The number of Topliss-reactive ketones (excluding diaryl/α,β-unsaturated/α-hetero) is 1. The predicted octanol–water partition coefficient (Wildman–Crippen LogP) is 4.60. The molecular formula is C23H27Cl2N5O3. The number of halogens is 2. The van der Waals surface area contributed by atoms with Crippen molar-refractivity contribution in [1.82, 2.24) is 20.2 Å². The van der Waals surface area contributed by atoms with Gasteiger partial charge in [-0.15, -0.1) is 0 Å². The quantitative estimate of drug-likeness (QED) is 0.585. The maximum Gasteiger partial charge on any atom is 0.318 e. The van der Waals surface area contributed by atoms with Crippen LogP contribution >= 0.6 is 23.2 Å². The van der Waals surface area contributed by atoms with Crippen LogP contribution in [0.4, 0.5) is 10.7 Å². The lowest BCUT2D eigenvalue weighted by Crippen LogP contribution is -2.45. The van der Waals surface area contributed by atoms with E-state index < -0.39 is 0 Å². The molecule has 1 fully saturated rings. The van der Waals surface area contributed by atoms with Gasteiger partial charge in [0.1, 0.15) is 12.4 Å². The van der Waals surface area contributed by atoms with Gasteiger partial charge in [0.25, 0.3) is 0 Å². The summed E-state index contributed by atoms with van der Waals surface area (Å²) in [5.74, 6) is 0.601. The SMILES string of the molecule is CC(C)CC(=O)COc1cc(Cl)cc(Cl)c1-c1nc(N)nc2c1CN(C(=O)NC1CCC1)C2. The first-order valence-corrected chi connectivity index (χ1v) is 11.8. The first-order chi connectivity index (χ1) is 15.7. The molecule has 0 unspecified atom stereocenters. The Morgan fingerprint density at radius 3 is 2.67 bits per heavy atom. The fourth-order valence-electron chi connectivity index (χ4n) is 4.01. The molecule has 2 aromatic rings. The van der Waals surface area contributed by atoms with E-state index in [0.29, 0.717) is 52.3 Å². The number of nitrogens with zero attached hydrogens (tertiary/aromatic N) is 3. The zero-order chi connectivity index (χ0) is 23.7. The van der Waals surface area contributed by atoms with E-state index in [9.17, 15) is 9.59 Å². The molecule has 0 saturated heterocycles. The average molecular weight is 492 g/mol. The molecular weight excluding hydrogens is 465 g/mol. The van der Waals surface area contributed by atoms with Gasteiger partial charge in [-0.1, -0.05) is 37.0 Å². The Morgan fingerprint density at radius 1 is 1.24 bits per heavy atom. The Labute approximate surface area is 202 Å². The number of nitrogens with one attached hydrogen (secondary N) is 1. The second-order valence-electron chi connectivity index (χ2n) is 8.98. The number of nitrogen functional groups attached to an aromatic ring is 1. The highest BCUT2D eigenvalue weighted by atomic mass is 35.5. The fraction of sp³-hybridized carbons (Fsp3) is 0.478. The molecule has 0 radical (unpaired) electrons. The summed E-state index contributed by atoms with van der Waals surface area (Å²) in [5.41, 5.74) is 8.36. The number of carbonyl (C=O) groups excluding carboxylic acids is 2. The van der Waals surface area contributed by atoms with Crippen LogP contribution in [0.2, 0.25) is 10.0 Å². The Morgan fingerprint density at radius 2 is 2.00 bits per heavy atom. The van der Waals surface area contributed by atoms with E-state index in [2.05, 4.69) is 15.3 Å². The average Bonchev–Trinajstić information content (AvgIpc) is 3.12. The highest BCUT2D eigenvalue weighted by molar-refractivity contribution is 6.37. The van der Waals surface area contributed by atoms with Crippen molar-refractivity contribution in [3.63, 3.8) is 0 Å². The first kappa shape index (κ1) is 23.6. The molecule has 3 N–H and O–H groups in total. The maximum atomic E-state index is 12.7. The van der Waals surface area contributed by atoms with Gasteiger partial charge < -0.3 is 20.7 Å². The summed E-state index contributed by atoms with van der Waals surface area (Å²) < 4.78 is 5.85. The van der Waals surface area contributed by atoms with Gasteiger partial charge >= 0.3 is 6.03 Å². The number of carbonyl (C=O) groups is 2. The molecule has 2 aliphatic rings. The first-order valence-electron chi connectivity index (χ1n) is 11.1. The minimum absolute atomic E-state index is 0.0293. The molecule has 1 aromatic heterocycles. The molecule has 1 saturated carbocycles. The van der Waals surface area contributed by atoms with Gasteiger partial charge in [-0.05, 0) is 37.3 Å². The normalized spacial score (nSPS) is 15.4. The standard InChI is InChI=1S/C23H27Cl2N5O3/c1-12(2)6-15(31)11-33-19-8-13(24)7-17(25)20(19)21-16-9-30(10-18(16)28-22(26)29-21)23(32)27-14-4-3-5-14/h7-8,12,14H,3-6,9-11H2,1-2H3,(H,27,32)(H2,26,28,29). The minimum atomic E-state index is -0.139. The van der Waals surface area contributed by atoms with Gasteiger partial charge in [0, 0.05) is 23.0 Å². The third kappa shape index (κ3) is 5.33. The second kappa shape index (κ2) is 9.73. The fourth-order valence-corrected chi connectivity index (χ4v) is 4.57. The van der Waals surface area contributed by atoms with Crippen molar-refractivity contribution in [1.29, 1.82) is 0 Å². The van der Waals surface area contributed by atoms with Crippen LogP contribution in [0, 0.1) is 5.92 Å². The monoisotopic (exact) mass is 491 g/mol. The molecule has 1 aliphatic carbocycles. The molecule has 33 heavy (non-hydrogen) atoms. The number of hydrogen-bond acceptors (Lipinski definition) is 6. The Hall–Kier alpha value is -2.58. The topological polar surface area (TPSA) is 110 Å². The van der Waals surface area contributed by atoms with E-state index >= 15 is 0 Å². The number of fused-ring (bicyclic) bond motifs is 1. The molecule has 10 heteroatoms. The van der Waals surface area contributed by atoms with Crippen LogP contribution in [0.25, 0.3) is 11.3 Å². The van der Waals surface area contributed by atoms with Crippen molar-refractivity contribution in [3.8, 4) is 17.0 Å². The van der Waals surface area contributed by atoms with Gasteiger partial charge in [-0.2, -0.15) is 0 Å². The number of amides is 2. The van der Waals surface area contributed by atoms with E-state index in [1.54, 1.807) is 17.0 Å². The van der Waals surface area contributed by atoms with E-state index in [1.807, 2.05) is 13.8 Å². The van der Waals surface area contributed by atoms with Crippen molar-refractivity contribution in [2.24, 2.45) is 5.92 Å². The van der Waals surface area contributed by atoms with E-state index in [4.69, 9.17) is 33.7 Å². The van der Waals surface area contributed by atoms with Gasteiger partial charge in [-0.3, -0.25) is 4.79 Å². The third-order valence-electron chi connectivity index (χ3n) is 5.80. The van der Waals surface area contributed by atoms with Gasteiger partial charge in [0.2, 0.25) is 5.95 Å². The lowest BCUT2D eigenvalue weighted by Gasteiger charge is -2.28. The van der Waals surface area contributed by atoms with Gasteiger partial charge in [0.15, 0.2) is 5.78 Å². The van der Waals surface area contributed by atoms with E-state index in [-0.39, 0.29) is 36.3 Å². The largest absolute Gasteiger partial charge is 0.485 e. The summed E-state index contributed by atoms with van der Waals surface area (Å²) in [6, 6.07) is 3.28. The predicted molar refractivity (Wildman–Crippen MR) is 127 cm³/mol. The van der Waals surface area contributed by atoms with Crippen molar-refractivity contribution in [2.75, 3.05) is 12.3 Å². The van der Waals surface area contributed by atoms with Crippen LogP contribution in [0.3, 0.4) is 0 Å². The zero-order valence-corrected chi connectivity index (χ0v) is 20.2. The highest BCUT2D eigenvalue weighted by Crippen LogP contribution is 2.42. The van der Waals surface area contributed by atoms with Gasteiger partial charge in [0.05, 0.1) is 35.1 Å². The molecule has 2 heterocycles. The number of ether oxygens (including phenoxy) is 1. The lowest BCUT2D eigenvalue weighted by molar-refractivity contribution is -0.121. The molecule has 176 valence electrons. The Kier molecular flexibility index (Phi) is 6.95. The number of hydrogen-bond donors (Lipinski definition) is 2. The number of anilines is 1. The molecule has 8 nitrogen and oxygen atoms in total. The second-order valence-corrected chi connectivity index (χ2v) is 9.82. The number of benzene rings is 1. The van der Waals surface area contributed by atoms with Crippen molar-refractivity contribution in [2.45, 2.75) is 58.7 Å². The van der Waals surface area contributed by atoms with Crippen LogP contribution in [0.5, 0.6) is 5.75 Å². The van der Waals surface area contributed by atoms with Crippen molar-refractivity contribution >= 4 is 41.0 Å². The molecule has 2 amide bonds. The zero-order valence-electron chi connectivity index (χ0n) is 18.7. The molecule has 0 spiro atoms. The van der Waals surface area contributed by atoms with Crippen LogP contribution < -0.4 is 15.8 Å². The Balaban J connectivity index is 1.65. The number of nitrogens with two attached hydrogens (primary N) is 1. The van der Waals surface area contributed by atoms with Crippen molar-refractivity contribution in [3.05, 3.63) is 33.4 Å². The maximum absolute atomic E-state index is 12.7. The third-order valence-corrected chi connectivity index (χ3v) is 6.32. The van der Waals surface area contributed by atoms with Crippen LogP contribution in [0.15, 0.2) is 12.1 Å². The van der Waals surface area contributed by atoms with E-state index in [1.165, 1.54) is 0 Å². The van der Waals surface area contributed by atoms with Crippen LogP contribution in [-0.2, 0) is 17.9 Å². The summed E-state index contributed by atoms with van der Waals surface area (Å²) in [6.45, 7) is 4.47. The highest BCUT2D eigenvalue weighted by Gasteiger charge is 2.32. The van der Waals surface area contributed by atoms with Crippen LogP contribution in [-0.4, -0.2) is 39.3 Å². The van der Waals surface area contributed by atoms with E-state index in [0.717, 1.165) is 24.8 Å². The molecule has 0 bridgehead atoms. The summed E-state index contributed by atoms with van der Waals surface area (Å²) in [6.07, 6.45) is 3.54. The molecule has 1 aliphatic heterocycles. The molecule has 0 atom stereocenters. The smallest absolute Gasteiger partial charge is 0.318 e. The number of ketones is 1. The molecule has 4 rings (SSSR count). The summed E-state index contributed by atoms with van der Waals surface area (Å²) in [4.78, 5) is 35.4. The Bertz CT molecular complexity index is 1090. The minimum Gasteiger partial charge on any atom is -0.485 e. The summed E-state index contributed by atoms with van der Waals surface area (Å²) in [5, 5.41) is 3.73. The summed E-state index contributed by atoms with van der Waals surface area (Å²) >= 11 is 12.8.